The average Bonchev–Trinajstić information content (AvgIpc) is 2.68. The van der Waals surface area contributed by atoms with Crippen LogP contribution in [0.25, 0.3) is 10.9 Å². The van der Waals surface area contributed by atoms with E-state index in [1.54, 1.807) is 11.8 Å². The highest BCUT2D eigenvalue weighted by Crippen LogP contribution is 2.29. The van der Waals surface area contributed by atoms with Crippen molar-refractivity contribution >= 4 is 16.9 Å². The van der Waals surface area contributed by atoms with Crippen molar-refractivity contribution in [2.24, 2.45) is 0 Å². The van der Waals surface area contributed by atoms with Crippen LogP contribution >= 0.6 is 0 Å². The number of alkyl halides is 3. The second-order valence-electron chi connectivity index (χ2n) is 6.89. The molecule has 0 aliphatic heterocycles. The molecule has 0 saturated carbocycles. The molecule has 8 heteroatoms. The third-order valence-corrected chi connectivity index (χ3v) is 4.55. The number of fused-ring (bicyclic) bond motifs is 1. The van der Waals surface area contributed by atoms with Gasteiger partial charge in [0, 0.05) is 17.6 Å². The molecule has 0 N–H and O–H groups in total. The molecule has 0 aliphatic rings. The van der Waals surface area contributed by atoms with Gasteiger partial charge >= 0.3 is 12.1 Å². The van der Waals surface area contributed by atoms with E-state index in [0.717, 1.165) is 28.7 Å². The van der Waals surface area contributed by atoms with Crippen LogP contribution in [0.15, 0.2) is 48.5 Å². The SMILES string of the molecule is CCOC(=O)CN(Cc1ccc(C(F)(F)F)cc1)Cc1nc(C)c2ccccc2n1. The van der Waals surface area contributed by atoms with Gasteiger partial charge in [-0.15, -0.1) is 0 Å². The quantitative estimate of drug-likeness (QED) is 0.529. The third-order valence-electron chi connectivity index (χ3n) is 4.55. The van der Waals surface area contributed by atoms with Gasteiger partial charge in [0.25, 0.3) is 0 Å². The summed E-state index contributed by atoms with van der Waals surface area (Å²) in [6.07, 6.45) is -4.39. The summed E-state index contributed by atoms with van der Waals surface area (Å²) < 4.78 is 43.4. The van der Waals surface area contributed by atoms with Crippen molar-refractivity contribution in [1.29, 1.82) is 0 Å². The van der Waals surface area contributed by atoms with Crippen molar-refractivity contribution in [1.82, 2.24) is 14.9 Å². The molecule has 0 unspecified atom stereocenters. The van der Waals surface area contributed by atoms with Gasteiger partial charge in [0.2, 0.25) is 0 Å². The maximum atomic E-state index is 12.8. The van der Waals surface area contributed by atoms with Crippen LogP contribution in [-0.2, 0) is 28.8 Å². The summed E-state index contributed by atoms with van der Waals surface area (Å²) in [5.41, 5.74) is 1.55. The number of benzene rings is 2. The predicted octanol–water partition coefficient (Wildman–Crippen LogP) is 4.52. The van der Waals surface area contributed by atoms with Crippen LogP contribution in [0.4, 0.5) is 13.2 Å². The Morgan fingerprint density at radius 3 is 2.40 bits per heavy atom. The summed E-state index contributed by atoms with van der Waals surface area (Å²) in [7, 11) is 0. The number of halogens is 3. The number of carbonyl (C=O) groups excluding carboxylic acids is 1. The van der Waals surface area contributed by atoms with E-state index in [2.05, 4.69) is 9.97 Å². The Hall–Kier alpha value is -3.00. The Morgan fingerprint density at radius 1 is 1.03 bits per heavy atom. The normalized spacial score (nSPS) is 11.8. The van der Waals surface area contributed by atoms with Gasteiger partial charge < -0.3 is 4.74 Å². The number of hydrogen-bond donors (Lipinski definition) is 0. The number of aromatic nitrogens is 2. The minimum absolute atomic E-state index is 0.0237. The fraction of sp³-hybridized carbons (Fsp3) is 0.318. The van der Waals surface area contributed by atoms with Crippen molar-refractivity contribution in [2.75, 3.05) is 13.2 Å². The average molecular weight is 417 g/mol. The number of esters is 1. The van der Waals surface area contributed by atoms with Crippen molar-refractivity contribution in [3.05, 3.63) is 71.2 Å². The van der Waals surface area contributed by atoms with Gasteiger partial charge in [0.1, 0.15) is 5.82 Å². The monoisotopic (exact) mass is 417 g/mol. The third kappa shape index (κ3) is 5.54. The van der Waals surface area contributed by atoms with Crippen molar-refractivity contribution in [3.8, 4) is 0 Å². The maximum Gasteiger partial charge on any atom is 0.416 e. The smallest absolute Gasteiger partial charge is 0.416 e. The van der Waals surface area contributed by atoms with Crippen LogP contribution < -0.4 is 0 Å². The topological polar surface area (TPSA) is 55.3 Å². The molecule has 1 aromatic heterocycles. The lowest BCUT2D eigenvalue weighted by Gasteiger charge is -2.21. The van der Waals surface area contributed by atoms with Crippen LogP contribution in [0.3, 0.4) is 0 Å². The zero-order chi connectivity index (χ0) is 21.7. The van der Waals surface area contributed by atoms with Gasteiger partial charge in [-0.3, -0.25) is 9.69 Å². The summed E-state index contributed by atoms with van der Waals surface area (Å²) in [5.74, 6) is 0.115. The first-order valence-electron chi connectivity index (χ1n) is 9.52. The van der Waals surface area contributed by atoms with Gasteiger partial charge in [-0.05, 0) is 37.6 Å². The molecule has 0 radical (unpaired) electrons. The zero-order valence-electron chi connectivity index (χ0n) is 16.7. The van der Waals surface area contributed by atoms with Gasteiger partial charge in [-0.1, -0.05) is 30.3 Å². The minimum Gasteiger partial charge on any atom is -0.465 e. The van der Waals surface area contributed by atoms with Gasteiger partial charge in [-0.2, -0.15) is 13.2 Å². The number of carbonyl (C=O) groups is 1. The number of nitrogens with zero attached hydrogens (tertiary/aromatic N) is 3. The summed E-state index contributed by atoms with van der Waals surface area (Å²) in [4.78, 5) is 22.9. The Kier molecular flexibility index (Phi) is 6.66. The molecule has 0 saturated heterocycles. The first-order valence-corrected chi connectivity index (χ1v) is 9.52. The molecular weight excluding hydrogens is 395 g/mol. The molecule has 0 amide bonds. The molecule has 0 aliphatic carbocycles. The fourth-order valence-electron chi connectivity index (χ4n) is 3.18. The number of aryl methyl sites for hydroxylation is 1. The Balaban J connectivity index is 1.83. The van der Waals surface area contributed by atoms with Crippen LogP contribution in [0, 0.1) is 6.92 Å². The highest BCUT2D eigenvalue weighted by atomic mass is 19.4. The first kappa shape index (κ1) is 21.7. The molecule has 0 spiro atoms. The fourth-order valence-corrected chi connectivity index (χ4v) is 3.18. The Labute approximate surface area is 172 Å². The number of rotatable bonds is 7. The van der Waals surface area contributed by atoms with Gasteiger partial charge in [0.05, 0.1) is 30.8 Å². The van der Waals surface area contributed by atoms with Gasteiger partial charge in [-0.25, -0.2) is 9.97 Å². The van der Waals surface area contributed by atoms with E-state index in [1.807, 2.05) is 31.2 Å². The van der Waals surface area contributed by atoms with Crippen LogP contribution in [0.5, 0.6) is 0 Å². The molecule has 158 valence electrons. The highest BCUT2D eigenvalue weighted by Gasteiger charge is 2.30. The predicted molar refractivity (Wildman–Crippen MR) is 106 cm³/mol. The molecule has 0 fully saturated rings. The van der Waals surface area contributed by atoms with E-state index < -0.39 is 17.7 Å². The van der Waals surface area contributed by atoms with E-state index in [-0.39, 0.29) is 26.2 Å². The summed E-state index contributed by atoms with van der Waals surface area (Å²) in [6.45, 7) is 4.34. The lowest BCUT2D eigenvalue weighted by atomic mass is 10.1. The van der Waals surface area contributed by atoms with Crippen LogP contribution in [0.1, 0.15) is 29.6 Å². The van der Waals surface area contributed by atoms with Crippen LogP contribution in [-0.4, -0.2) is 34.0 Å². The van der Waals surface area contributed by atoms with Crippen molar-refractivity contribution in [3.63, 3.8) is 0 Å². The molecule has 2 aromatic carbocycles. The molecule has 5 nitrogen and oxygen atoms in total. The highest BCUT2D eigenvalue weighted by molar-refractivity contribution is 5.80. The first-order chi connectivity index (χ1) is 14.3. The molecule has 0 bridgehead atoms. The number of ether oxygens (including phenoxy) is 1. The molecule has 30 heavy (non-hydrogen) atoms. The molecule has 3 aromatic rings. The Morgan fingerprint density at radius 2 is 1.73 bits per heavy atom. The summed E-state index contributed by atoms with van der Waals surface area (Å²) in [6, 6.07) is 12.5. The number of hydrogen-bond acceptors (Lipinski definition) is 5. The minimum atomic E-state index is -4.39. The summed E-state index contributed by atoms with van der Waals surface area (Å²) >= 11 is 0. The zero-order valence-corrected chi connectivity index (χ0v) is 16.7. The van der Waals surface area contributed by atoms with E-state index >= 15 is 0 Å². The number of para-hydroxylation sites is 1. The van der Waals surface area contributed by atoms with E-state index in [1.165, 1.54) is 12.1 Å². The van der Waals surface area contributed by atoms with Crippen molar-refractivity contribution < 1.29 is 22.7 Å². The van der Waals surface area contributed by atoms with Gasteiger partial charge in [0.15, 0.2) is 0 Å². The van der Waals surface area contributed by atoms with E-state index in [9.17, 15) is 18.0 Å². The molecule has 1 heterocycles. The lowest BCUT2D eigenvalue weighted by molar-refractivity contribution is -0.144. The largest absolute Gasteiger partial charge is 0.465 e. The standard InChI is InChI=1S/C22H22F3N3O2/c1-3-30-21(29)14-28(12-16-8-10-17(11-9-16)22(23,24)25)13-20-26-15(2)18-6-4-5-7-19(18)27-20/h4-11H,3,12-14H2,1-2H3. The van der Waals surface area contributed by atoms with E-state index in [0.29, 0.717) is 11.4 Å². The summed E-state index contributed by atoms with van der Waals surface area (Å²) in [5, 5.41) is 0.945. The van der Waals surface area contributed by atoms with Crippen LogP contribution in [0.2, 0.25) is 0 Å². The van der Waals surface area contributed by atoms with Crippen molar-refractivity contribution in [2.45, 2.75) is 33.1 Å². The molecular formula is C22H22F3N3O2. The second-order valence-corrected chi connectivity index (χ2v) is 6.89. The second kappa shape index (κ2) is 9.21. The van der Waals surface area contributed by atoms with E-state index in [4.69, 9.17) is 4.74 Å². The lowest BCUT2D eigenvalue weighted by Crippen LogP contribution is -2.31. The molecule has 0 atom stereocenters. The Bertz CT molecular complexity index is 1020. The molecule has 3 rings (SSSR count). The maximum absolute atomic E-state index is 12.8.